The van der Waals surface area contributed by atoms with E-state index in [2.05, 4.69) is 0 Å². The summed E-state index contributed by atoms with van der Waals surface area (Å²) in [5.41, 5.74) is 5.62. The summed E-state index contributed by atoms with van der Waals surface area (Å²) in [7, 11) is -1.33. The van der Waals surface area contributed by atoms with E-state index in [4.69, 9.17) is 5.73 Å². The first-order chi connectivity index (χ1) is 6.65. The predicted molar refractivity (Wildman–Crippen MR) is 52.7 cm³/mol. The molecule has 2 N–H and O–H groups in total. The van der Waals surface area contributed by atoms with Crippen LogP contribution in [0.25, 0.3) is 0 Å². The summed E-state index contributed by atoms with van der Waals surface area (Å²) in [4.78, 5) is 0.375. The molecule has 0 radical (unpaired) electrons. The molecule has 14 heavy (non-hydrogen) atoms. The third kappa shape index (κ3) is 2.77. The first kappa shape index (κ1) is 11.1. The average molecular weight is 219 g/mol. The van der Waals surface area contributed by atoms with Crippen LogP contribution in [0.2, 0.25) is 0 Å². The number of halogens is 2. The molecule has 0 aliphatic heterocycles. The van der Waals surface area contributed by atoms with Gasteiger partial charge in [-0.2, -0.15) is 0 Å². The van der Waals surface area contributed by atoms with E-state index in [1.807, 2.05) is 0 Å². The second kappa shape index (κ2) is 5.05. The van der Waals surface area contributed by atoms with Crippen LogP contribution in [-0.2, 0) is 10.8 Å². The van der Waals surface area contributed by atoms with Gasteiger partial charge in [0.1, 0.15) is 5.82 Å². The van der Waals surface area contributed by atoms with Gasteiger partial charge in [0.05, 0.1) is 28.1 Å². The SMILES string of the molecule is Nc1cc(F)ccc1S(=O)CCCF. The van der Waals surface area contributed by atoms with Crippen molar-refractivity contribution in [3.8, 4) is 0 Å². The van der Waals surface area contributed by atoms with E-state index in [1.54, 1.807) is 0 Å². The Bertz CT molecular complexity index is 344. The van der Waals surface area contributed by atoms with E-state index < -0.39 is 23.3 Å². The lowest BCUT2D eigenvalue weighted by Gasteiger charge is -2.04. The lowest BCUT2D eigenvalue weighted by Crippen LogP contribution is -2.03. The van der Waals surface area contributed by atoms with Gasteiger partial charge in [-0.15, -0.1) is 0 Å². The fourth-order valence-electron chi connectivity index (χ4n) is 1.02. The first-order valence-electron chi connectivity index (χ1n) is 4.14. The fraction of sp³-hybridized carbons (Fsp3) is 0.333. The summed E-state index contributed by atoms with van der Waals surface area (Å²) in [5, 5.41) is 0. The van der Waals surface area contributed by atoms with Crippen molar-refractivity contribution in [3.63, 3.8) is 0 Å². The van der Waals surface area contributed by atoms with Crippen molar-refractivity contribution in [1.82, 2.24) is 0 Å². The minimum atomic E-state index is -1.33. The molecular formula is C9H11F2NOS. The average Bonchev–Trinajstić information content (AvgIpc) is 2.14. The highest BCUT2D eigenvalue weighted by Gasteiger charge is 2.08. The molecule has 0 aliphatic carbocycles. The van der Waals surface area contributed by atoms with Gasteiger partial charge in [-0.3, -0.25) is 8.60 Å². The van der Waals surface area contributed by atoms with Crippen molar-refractivity contribution < 1.29 is 13.0 Å². The lowest BCUT2D eigenvalue weighted by molar-refractivity contribution is 0.488. The number of alkyl halides is 1. The van der Waals surface area contributed by atoms with Crippen LogP contribution in [0.5, 0.6) is 0 Å². The Morgan fingerprint density at radius 3 is 2.71 bits per heavy atom. The topological polar surface area (TPSA) is 43.1 Å². The van der Waals surface area contributed by atoms with Crippen LogP contribution < -0.4 is 5.73 Å². The lowest BCUT2D eigenvalue weighted by atomic mass is 10.3. The van der Waals surface area contributed by atoms with Crippen molar-refractivity contribution >= 4 is 16.5 Å². The third-order valence-corrected chi connectivity index (χ3v) is 3.20. The molecule has 0 amide bonds. The minimum absolute atomic E-state index is 0.155. The van der Waals surface area contributed by atoms with Gasteiger partial charge in [-0.25, -0.2) is 4.39 Å². The van der Waals surface area contributed by atoms with Gasteiger partial charge < -0.3 is 5.73 Å². The maximum absolute atomic E-state index is 12.6. The van der Waals surface area contributed by atoms with Crippen molar-refractivity contribution in [2.24, 2.45) is 0 Å². The Kier molecular flexibility index (Phi) is 4.00. The maximum atomic E-state index is 12.6. The number of benzene rings is 1. The standard InChI is InChI=1S/C9H11F2NOS/c10-4-1-5-14(13)9-3-2-7(11)6-8(9)12/h2-3,6H,1,4-5,12H2. The smallest absolute Gasteiger partial charge is 0.125 e. The summed E-state index contributed by atoms with van der Waals surface area (Å²) >= 11 is 0. The van der Waals surface area contributed by atoms with E-state index in [1.165, 1.54) is 12.1 Å². The Balaban J connectivity index is 2.80. The maximum Gasteiger partial charge on any atom is 0.125 e. The second-order valence-electron chi connectivity index (χ2n) is 2.77. The molecule has 0 saturated heterocycles. The van der Waals surface area contributed by atoms with Crippen molar-refractivity contribution in [3.05, 3.63) is 24.0 Å². The number of hydrogen-bond acceptors (Lipinski definition) is 2. The monoisotopic (exact) mass is 219 g/mol. The summed E-state index contributed by atoms with van der Waals surface area (Å²) < 4.78 is 35.9. The molecule has 0 heterocycles. The number of anilines is 1. The predicted octanol–water partition coefficient (Wildman–Crippen LogP) is 1.88. The Morgan fingerprint density at radius 1 is 1.43 bits per heavy atom. The van der Waals surface area contributed by atoms with Gasteiger partial charge in [0.2, 0.25) is 0 Å². The van der Waals surface area contributed by atoms with Crippen LogP contribution in [0.15, 0.2) is 23.1 Å². The Labute approximate surface area is 83.6 Å². The largest absolute Gasteiger partial charge is 0.398 e. The van der Waals surface area contributed by atoms with Gasteiger partial charge in [0.15, 0.2) is 0 Å². The molecule has 1 unspecified atom stereocenters. The summed E-state index contributed by atoms with van der Waals surface area (Å²) in [5.74, 6) is -0.250. The Morgan fingerprint density at radius 2 is 2.14 bits per heavy atom. The molecule has 0 bridgehead atoms. The highest BCUT2D eigenvalue weighted by Crippen LogP contribution is 2.18. The number of nitrogen functional groups attached to an aromatic ring is 1. The van der Waals surface area contributed by atoms with E-state index >= 15 is 0 Å². The molecular weight excluding hydrogens is 208 g/mol. The molecule has 1 atom stereocenters. The summed E-state index contributed by atoms with van der Waals surface area (Å²) in [6.45, 7) is -0.507. The van der Waals surface area contributed by atoms with Crippen LogP contribution in [-0.4, -0.2) is 16.6 Å². The van der Waals surface area contributed by atoms with Crippen LogP contribution in [0.1, 0.15) is 6.42 Å². The molecule has 5 heteroatoms. The zero-order valence-corrected chi connectivity index (χ0v) is 8.32. The molecule has 78 valence electrons. The molecule has 1 aromatic rings. The van der Waals surface area contributed by atoms with Crippen LogP contribution in [0.3, 0.4) is 0 Å². The minimum Gasteiger partial charge on any atom is -0.398 e. The fourth-order valence-corrected chi connectivity index (χ4v) is 2.16. The normalized spacial score (nSPS) is 12.7. The quantitative estimate of drug-likeness (QED) is 0.786. The molecule has 0 aromatic heterocycles. The number of hydrogen-bond donors (Lipinski definition) is 1. The van der Waals surface area contributed by atoms with Crippen LogP contribution >= 0.6 is 0 Å². The van der Waals surface area contributed by atoms with Crippen LogP contribution in [0.4, 0.5) is 14.5 Å². The zero-order valence-electron chi connectivity index (χ0n) is 7.50. The van der Waals surface area contributed by atoms with E-state index in [0.29, 0.717) is 4.90 Å². The molecule has 1 aromatic carbocycles. The number of rotatable bonds is 4. The van der Waals surface area contributed by atoms with E-state index in [9.17, 15) is 13.0 Å². The van der Waals surface area contributed by atoms with Crippen LogP contribution in [0, 0.1) is 5.82 Å². The highest BCUT2D eigenvalue weighted by molar-refractivity contribution is 7.85. The van der Waals surface area contributed by atoms with Gasteiger partial charge in [0, 0.05) is 5.75 Å². The van der Waals surface area contributed by atoms with Gasteiger partial charge in [0.25, 0.3) is 0 Å². The number of nitrogens with two attached hydrogens (primary N) is 1. The third-order valence-electron chi connectivity index (χ3n) is 1.68. The summed E-state index contributed by atoms with van der Waals surface area (Å²) in [6.07, 6.45) is 0.226. The summed E-state index contributed by atoms with van der Waals surface area (Å²) in [6, 6.07) is 3.68. The molecule has 0 spiro atoms. The molecule has 0 saturated carbocycles. The second-order valence-corrected chi connectivity index (χ2v) is 4.31. The highest BCUT2D eigenvalue weighted by atomic mass is 32.2. The van der Waals surface area contributed by atoms with E-state index in [0.717, 1.165) is 6.07 Å². The first-order valence-corrected chi connectivity index (χ1v) is 5.46. The van der Waals surface area contributed by atoms with Crippen molar-refractivity contribution in [2.75, 3.05) is 18.2 Å². The molecule has 0 fully saturated rings. The molecule has 0 aliphatic rings. The van der Waals surface area contributed by atoms with Crippen molar-refractivity contribution in [1.29, 1.82) is 0 Å². The zero-order chi connectivity index (χ0) is 10.6. The van der Waals surface area contributed by atoms with Gasteiger partial charge in [-0.05, 0) is 24.6 Å². The molecule has 2 nitrogen and oxygen atoms in total. The van der Waals surface area contributed by atoms with Crippen molar-refractivity contribution in [2.45, 2.75) is 11.3 Å². The molecule has 1 rings (SSSR count). The Hall–Kier alpha value is -0.970. The van der Waals surface area contributed by atoms with Gasteiger partial charge in [-0.1, -0.05) is 0 Å². The van der Waals surface area contributed by atoms with E-state index in [-0.39, 0.29) is 17.9 Å². The van der Waals surface area contributed by atoms with Gasteiger partial charge >= 0.3 is 0 Å².